The second kappa shape index (κ2) is 4.92. The minimum absolute atomic E-state index is 0.0774. The van der Waals surface area contributed by atoms with Crippen LogP contribution in [0.15, 0.2) is 0 Å². The predicted octanol–water partition coefficient (Wildman–Crippen LogP) is -0.0272. The molecule has 1 rings (SSSR count). The standard InChI is InChI=1S/C6H12BO4P/c1-9-3-5-4(11-12-8)2-6(7)10-5/h4-6H,2-3,7H2,1H3/t4?,5-,6-/m1/s1. The topological polar surface area (TPSA) is 44.8 Å². The Kier molecular flexibility index (Phi) is 4.16. The van der Waals surface area contributed by atoms with Crippen LogP contribution in [0.3, 0.4) is 0 Å². The molecule has 0 saturated carbocycles. The van der Waals surface area contributed by atoms with Crippen LogP contribution in [0, 0.1) is 0 Å². The Balaban J connectivity index is 2.41. The third-order valence-corrected chi connectivity index (χ3v) is 2.25. The first-order valence-electron chi connectivity index (χ1n) is 3.90. The van der Waals surface area contributed by atoms with Gasteiger partial charge in [0.1, 0.15) is 20.1 Å². The van der Waals surface area contributed by atoms with Crippen LogP contribution in [0.1, 0.15) is 6.42 Å². The van der Waals surface area contributed by atoms with Crippen molar-refractivity contribution in [2.45, 2.75) is 24.6 Å². The van der Waals surface area contributed by atoms with Gasteiger partial charge in [0.15, 0.2) is 0 Å². The van der Waals surface area contributed by atoms with E-state index in [9.17, 15) is 4.57 Å². The van der Waals surface area contributed by atoms with Gasteiger partial charge in [-0.3, -0.25) is 4.52 Å². The van der Waals surface area contributed by atoms with Gasteiger partial charge in [-0.2, -0.15) is 0 Å². The SMILES string of the molecule is B[C@H]1CC(OP=O)[C@@H](COC)O1. The zero-order valence-corrected chi connectivity index (χ0v) is 8.12. The van der Waals surface area contributed by atoms with Gasteiger partial charge >= 0.3 is 8.69 Å². The van der Waals surface area contributed by atoms with Gasteiger partial charge in [-0.15, -0.1) is 0 Å². The molecular formula is C6H12BO4P. The molecule has 0 spiro atoms. The van der Waals surface area contributed by atoms with Gasteiger partial charge < -0.3 is 9.47 Å². The van der Waals surface area contributed by atoms with Crippen molar-refractivity contribution in [2.75, 3.05) is 13.7 Å². The van der Waals surface area contributed by atoms with Crippen molar-refractivity contribution in [1.82, 2.24) is 0 Å². The van der Waals surface area contributed by atoms with E-state index in [2.05, 4.69) is 0 Å². The Hall–Kier alpha value is 0.0449. The molecule has 0 aromatic carbocycles. The second-order valence-electron chi connectivity index (χ2n) is 2.89. The lowest BCUT2D eigenvalue weighted by Gasteiger charge is -2.14. The quantitative estimate of drug-likeness (QED) is 0.461. The molecule has 0 aromatic rings. The largest absolute Gasteiger partial charge is 0.382 e. The fourth-order valence-corrected chi connectivity index (χ4v) is 1.73. The van der Waals surface area contributed by atoms with E-state index in [0.29, 0.717) is 6.61 Å². The van der Waals surface area contributed by atoms with Gasteiger partial charge in [0.05, 0.1) is 6.61 Å². The van der Waals surface area contributed by atoms with Gasteiger partial charge in [-0.1, -0.05) is 0 Å². The molecule has 1 saturated heterocycles. The Bertz CT molecular complexity index is 156. The first-order chi connectivity index (χ1) is 5.77. The van der Waals surface area contributed by atoms with E-state index < -0.39 is 0 Å². The molecule has 1 unspecified atom stereocenters. The first-order valence-corrected chi connectivity index (χ1v) is 4.63. The second-order valence-corrected chi connectivity index (χ2v) is 3.25. The number of hydrogen-bond acceptors (Lipinski definition) is 4. The fourth-order valence-electron chi connectivity index (χ4n) is 1.40. The molecule has 1 aliphatic heterocycles. The average Bonchev–Trinajstić information content (AvgIpc) is 2.33. The zero-order valence-electron chi connectivity index (χ0n) is 7.23. The van der Waals surface area contributed by atoms with Gasteiger partial charge in [0.2, 0.25) is 0 Å². The lowest BCUT2D eigenvalue weighted by Crippen LogP contribution is -2.26. The number of ether oxygens (including phenoxy) is 2. The van der Waals surface area contributed by atoms with Crippen LogP contribution in [0.5, 0.6) is 0 Å². The highest BCUT2D eigenvalue weighted by Crippen LogP contribution is 2.24. The molecule has 0 N–H and O–H groups in total. The van der Waals surface area contributed by atoms with Crippen molar-refractivity contribution in [1.29, 1.82) is 0 Å². The molecule has 1 heterocycles. The predicted molar refractivity (Wildman–Crippen MR) is 46.2 cm³/mol. The zero-order chi connectivity index (χ0) is 8.97. The van der Waals surface area contributed by atoms with Crippen LogP contribution in [0.25, 0.3) is 0 Å². The number of methoxy groups -OCH3 is 1. The molecule has 1 fully saturated rings. The van der Waals surface area contributed by atoms with Crippen LogP contribution in [0.4, 0.5) is 0 Å². The molecule has 6 heteroatoms. The third-order valence-electron chi connectivity index (χ3n) is 1.90. The molecule has 68 valence electrons. The number of hydrogen-bond donors (Lipinski definition) is 0. The van der Waals surface area contributed by atoms with E-state index in [-0.39, 0.29) is 26.9 Å². The summed E-state index contributed by atoms with van der Waals surface area (Å²) in [4.78, 5) is 0. The van der Waals surface area contributed by atoms with Crippen molar-refractivity contribution in [3.8, 4) is 0 Å². The van der Waals surface area contributed by atoms with Crippen molar-refractivity contribution in [3.63, 3.8) is 0 Å². The van der Waals surface area contributed by atoms with Gasteiger partial charge in [-0.25, -0.2) is 4.57 Å². The van der Waals surface area contributed by atoms with E-state index in [1.54, 1.807) is 7.11 Å². The van der Waals surface area contributed by atoms with Crippen molar-refractivity contribution >= 4 is 16.5 Å². The van der Waals surface area contributed by atoms with E-state index in [1.807, 2.05) is 7.85 Å². The highest BCUT2D eigenvalue weighted by atomic mass is 31.1. The summed E-state index contributed by atoms with van der Waals surface area (Å²) < 4.78 is 25.6. The molecule has 3 atom stereocenters. The van der Waals surface area contributed by atoms with Crippen LogP contribution >= 0.6 is 8.69 Å². The Labute approximate surface area is 74.3 Å². The summed E-state index contributed by atoms with van der Waals surface area (Å²) in [5, 5.41) is 0. The van der Waals surface area contributed by atoms with E-state index >= 15 is 0 Å². The van der Waals surface area contributed by atoms with Crippen molar-refractivity contribution in [3.05, 3.63) is 0 Å². The first kappa shape index (κ1) is 10.1. The van der Waals surface area contributed by atoms with Crippen LogP contribution in [0.2, 0.25) is 0 Å². The lowest BCUT2D eigenvalue weighted by molar-refractivity contribution is -0.00774. The number of rotatable bonds is 4. The monoisotopic (exact) mass is 190 g/mol. The molecule has 0 bridgehead atoms. The molecule has 1 aliphatic rings. The molecular weight excluding hydrogens is 178 g/mol. The van der Waals surface area contributed by atoms with E-state index in [1.165, 1.54) is 0 Å². The molecule has 0 radical (unpaired) electrons. The summed E-state index contributed by atoms with van der Waals surface area (Å²) >= 11 is 0. The van der Waals surface area contributed by atoms with E-state index in [4.69, 9.17) is 14.0 Å². The summed E-state index contributed by atoms with van der Waals surface area (Å²) in [6.45, 7) is 0.491. The van der Waals surface area contributed by atoms with Crippen molar-refractivity contribution < 1.29 is 18.6 Å². The minimum Gasteiger partial charge on any atom is -0.382 e. The van der Waals surface area contributed by atoms with Crippen LogP contribution in [-0.4, -0.2) is 39.8 Å². The minimum atomic E-state index is -0.284. The fraction of sp³-hybridized carbons (Fsp3) is 1.00. The summed E-state index contributed by atoms with van der Waals surface area (Å²) in [5.41, 5.74) is 0. The normalized spacial score (nSPS) is 35.9. The highest BCUT2D eigenvalue weighted by Gasteiger charge is 2.33. The summed E-state index contributed by atoms with van der Waals surface area (Å²) in [7, 11) is 3.29. The lowest BCUT2D eigenvalue weighted by atomic mass is 9.96. The summed E-state index contributed by atoms with van der Waals surface area (Å²) in [5.74, 6) is 0. The molecule has 4 nitrogen and oxygen atoms in total. The maximum atomic E-state index is 10.2. The molecule has 0 aliphatic carbocycles. The molecule has 0 amide bonds. The molecule has 0 aromatic heterocycles. The smallest absolute Gasteiger partial charge is 0.327 e. The average molecular weight is 190 g/mol. The van der Waals surface area contributed by atoms with Crippen LogP contribution < -0.4 is 0 Å². The summed E-state index contributed by atoms with van der Waals surface area (Å²) in [6, 6.07) is 0.164. The molecule has 12 heavy (non-hydrogen) atoms. The summed E-state index contributed by atoms with van der Waals surface area (Å²) in [6.07, 6.45) is 0.606. The highest BCUT2D eigenvalue weighted by molar-refractivity contribution is 7.17. The van der Waals surface area contributed by atoms with Crippen LogP contribution in [-0.2, 0) is 18.6 Å². The Morgan fingerprint density at radius 2 is 2.50 bits per heavy atom. The Morgan fingerprint density at radius 1 is 1.75 bits per heavy atom. The van der Waals surface area contributed by atoms with E-state index in [0.717, 1.165) is 6.42 Å². The van der Waals surface area contributed by atoms with Gasteiger partial charge in [-0.05, 0) is 6.42 Å². The third kappa shape index (κ3) is 2.52. The Morgan fingerprint density at radius 3 is 3.08 bits per heavy atom. The maximum Gasteiger partial charge on any atom is 0.327 e. The maximum absolute atomic E-state index is 10.2. The van der Waals surface area contributed by atoms with Gasteiger partial charge in [0.25, 0.3) is 0 Å². The van der Waals surface area contributed by atoms with Gasteiger partial charge in [0, 0.05) is 13.1 Å². The van der Waals surface area contributed by atoms with Crippen molar-refractivity contribution in [2.24, 2.45) is 0 Å².